The Morgan fingerprint density at radius 1 is 1.19 bits per heavy atom. The number of nitrogens with zero attached hydrogens (tertiary/aromatic N) is 4. The quantitative estimate of drug-likeness (QED) is 0.271. The Hall–Kier alpha value is -4.65. The first kappa shape index (κ1) is 25.4. The molecule has 10 heteroatoms. The third kappa shape index (κ3) is 5.46. The van der Waals surface area contributed by atoms with E-state index in [0.29, 0.717) is 59.1 Å². The highest BCUT2D eigenvalue weighted by molar-refractivity contribution is 5.92. The Balaban J connectivity index is 1.54. The molecule has 0 aliphatic heterocycles. The number of ether oxygens (including phenoxy) is 2. The second kappa shape index (κ2) is 11.4. The summed E-state index contributed by atoms with van der Waals surface area (Å²) < 4.78 is 27.3. The van der Waals surface area contributed by atoms with Gasteiger partial charge in [-0.3, -0.25) is 0 Å². The molecule has 2 aromatic heterocycles. The molecule has 9 nitrogen and oxygen atoms in total. The Morgan fingerprint density at radius 3 is 2.76 bits per heavy atom. The summed E-state index contributed by atoms with van der Waals surface area (Å²) in [6, 6.07) is 13.1. The first-order valence-electron chi connectivity index (χ1n) is 11.8. The van der Waals surface area contributed by atoms with Crippen LogP contribution >= 0.6 is 0 Å². The zero-order chi connectivity index (χ0) is 26.4. The number of halogens is 1. The number of rotatable bonds is 11. The van der Waals surface area contributed by atoms with Crippen molar-refractivity contribution in [1.82, 2.24) is 14.5 Å². The highest BCUT2D eigenvalue weighted by Crippen LogP contribution is 2.31. The summed E-state index contributed by atoms with van der Waals surface area (Å²) in [6.07, 6.45) is 3.14. The second-order valence-corrected chi connectivity index (χ2v) is 8.24. The third-order valence-corrected chi connectivity index (χ3v) is 5.88. The van der Waals surface area contributed by atoms with Gasteiger partial charge in [-0.1, -0.05) is 19.4 Å². The van der Waals surface area contributed by atoms with E-state index >= 15 is 0 Å². The lowest BCUT2D eigenvalue weighted by Crippen LogP contribution is -2.13. The number of aromatic nitrogens is 3. The number of methoxy groups -OCH3 is 1. The number of unbranched alkanes of at least 4 members (excludes halogenated alkanes) is 1. The number of aromatic carboxylic acids is 1. The number of carboxylic acid groups (broad SMARTS) is 1. The van der Waals surface area contributed by atoms with E-state index in [1.54, 1.807) is 28.8 Å². The van der Waals surface area contributed by atoms with Crippen LogP contribution in [-0.2, 0) is 6.54 Å². The number of benzene rings is 2. The average molecular weight is 504 g/mol. The summed E-state index contributed by atoms with van der Waals surface area (Å²) in [4.78, 5) is 20.1. The maximum atomic E-state index is 14.6. The van der Waals surface area contributed by atoms with Crippen molar-refractivity contribution in [2.24, 2.45) is 0 Å². The molecule has 0 unspecified atom stereocenters. The minimum Gasteiger partial charge on any atom is -0.496 e. The lowest BCUT2D eigenvalue weighted by Gasteiger charge is -2.12. The Kier molecular flexibility index (Phi) is 7.83. The van der Waals surface area contributed by atoms with Gasteiger partial charge < -0.3 is 24.5 Å². The van der Waals surface area contributed by atoms with Crippen LogP contribution in [0.5, 0.6) is 11.5 Å². The van der Waals surface area contributed by atoms with Crippen LogP contribution in [0.3, 0.4) is 0 Å². The van der Waals surface area contributed by atoms with E-state index in [4.69, 9.17) is 9.47 Å². The van der Waals surface area contributed by atoms with Crippen molar-refractivity contribution in [2.75, 3.05) is 25.6 Å². The Morgan fingerprint density at radius 2 is 2.03 bits per heavy atom. The monoisotopic (exact) mass is 503 g/mol. The minimum atomic E-state index is -1.06. The van der Waals surface area contributed by atoms with Gasteiger partial charge >= 0.3 is 5.97 Å². The van der Waals surface area contributed by atoms with Crippen molar-refractivity contribution in [3.05, 3.63) is 65.9 Å². The zero-order valence-corrected chi connectivity index (χ0v) is 20.5. The number of hydrogen-bond donors (Lipinski definition) is 2. The van der Waals surface area contributed by atoms with Gasteiger partial charge in [0.2, 0.25) is 0 Å². The van der Waals surface area contributed by atoms with Crippen molar-refractivity contribution in [2.45, 2.75) is 26.3 Å². The second-order valence-electron chi connectivity index (χ2n) is 8.24. The van der Waals surface area contributed by atoms with Crippen molar-refractivity contribution in [1.29, 1.82) is 5.26 Å². The smallest absolute Gasteiger partial charge is 0.339 e. The summed E-state index contributed by atoms with van der Waals surface area (Å²) in [7, 11) is 1.50. The molecule has 0 atom stereocenters. The summed E-state index contributed by atoms with van der Waals surface area (Å²) in [5.41, 5.74) is 1.96. The fraction of sp³-hybridized carbons (Fsp3) is 0.259. The van der Waals surface area contributed by atoms with E-state index in [9.17, 15) is 19.6 Å². The maximum Gasteiger partial charge on any atom is 0.339 e. The number of hydrogen-bond acceptors (Lipinski definition) is 7. The van der Waals surface area contributed by atoms with Gasteiger partial charge in [0.05, 0.1) is 24.9 Å². The molecule has 0 radical (unpaired) electrons. The molecule has 4 rings (SSSR count). The number of fused-ring (bicyclic) bond motifs is 1. The van der Waals surface area contributed by atoms with E-state index in [-0.39, 0.29) is 11.3 Å². The third-order valence-electron chi connectivity index (χ3n) is 5.88. The standard InChI is InChI=1S/C27H26FN5O4/c1-3-4-11-37-24-12-17(5-6-19(24)27(34)35)22-14-25(32-16-31-22)30-9-10-33-18(15-29)13-20-23(36-2)8-7-21(28)26(20)33/h5-8,12-14,16H,3-4,9-11H2,1-2H3,(H,34,35)(H,30,31,32). The summed E-state index contributed by atoms with van der Waals surface area (Å²) in [5.74, 6) is -0.205. The van der Waals surface area contributed by atoms with Crippen LogP contribution in [0.2, 0.25) is 0 Å². The number of anilines is 1. The number of carboxylic acids is 1. The number of nitrogens with one attached hydrogen (secondary N) is 1. The van der Waals surface area contributed by atoms with Crippen LogP contribution in [0, 0.1) is 17.1 Å². The normalized spacial score (nSPS) is 10.8. The van der Waals surface area contributed by atoms with Crippen LogP contribution in [-0.4, -0.2) is 45.9 Å². The van der Waals surface area contributed by atoms with E-state index < -0.39 is 11.8 Å². The highest BCUT2D eigenvalue weighted by Gasteiger charge is 2.17. The van der Waals surface area contributed by atoms with Gasteiger partial charge in [0.25, 0.3) is 0 Å². The topological polar surface area (TPSA) is 122 Å². The molecule has 2 N–H and O–H groups in total. The molecular formula is C27H26FN5O4. The maximum absolute atomic E-state index is 14.6. The fourth-order valence-corrected chi connectivity index (χ4v) is 4.03. The van der Waals surface area contributed by atoms with Gasteiger partial charge in [-0.15, -0.1) is 0 Å². The predicted molar refractivity (Wildman–Crippen MR) is 136 cm³/mol. The van der Waals surface area contributed by atoms with E-state index in [0.717, 1.165) is 12.8 Å². The van der Waals surface area contributed by atoms with Gasteiger partial charge in [0, 0.05) is 30.1 Å². The molecule has 0 saturated carbocycles. The zero-order valence-electron chi connectivity index (χ0n) is 20.5. The van der Waals surface area contributed by atoms with Crippen LogP contribution in [0.1, 0.15) is 35.8 Å². The van der Waals surface area contributed by atoms with Crippen LogP contribution in [0.4, 0.5) is 10.2 Å². The van der Waals surface area contributed by atoms with Crippen molar-refractivity contribution in [3.8, 4) is 28.8 Å². The van der Waals surface area contributed by atoms with E-state index in [1.807, 2.05) is 6.92 Å². The van der Waals surface area contributed by atoms with Crippen LogP contribution in [0.25, 0.3) is 22.2 Å². The van der Waals surface area contributed by atoms with Crippen molar-refractivity contribution < 1.29 is 23.8 Å². The Labute approximate surface area is 213 Å². The van der Waals surface area contributed by atoms with Gasteiger partial charge in [-0.2, -0.15) is 5.26 Å². The first-order chi connectivity index (χ1) is 18.0. The molecule has 4 aromatic rings. The highest BCUT2D eigenvalue weighted by atomic mass is 19.1. The molecule has 0 saturated heterocycles. The van der Waals surface area contributed by atoms with Crippen molar-refractivity contribution in [3.63, 3.8) is 0 Å². The lowest BCUT2D eigenvalue weighted by molar-refractivity contribution is 0.0692. The SMILES string of the molecule is CCCCOc1cc(-c2cc(NCCn3c(C#N)cc4c(OC)ccc(F)c43)ncn2)ccc1C(=O)O. The number of carbonyl (C=O) groups is 1. The van der Waals surface area contributed by atoms with Gasteiger partial charge in [0.1, 0.15) is 46.8 Å². The van der Waals surface area contributed by atoms with Gasteiger partial charge in [-0.05, 0) is 36.8 Å². The van der Waals surface area contributed by atoms with E-state index in [2.05, 4.69) is 21.4 Å². The van der Waals surface area contributed by atoms with Crippen LogP contribution in [0.15, 0.2) is 48.8 Å². The molecule has 0 spiro atoms. The summed E-state index contributed by atoms with van der Waals surface area (Å²) in [6.45, 7) is 3.11. The summed E-state index contributed by atoms with van der Waals surface area (Å²) in [5, 5.41) is 22.8. The number of nitriles is 1. The molecule has 0 fully saturated rings. The average Bonchev–Trinajstić information content (AvgIpc) is 3.28. The molecule has 0 amide bonds. The first-order valence-corrected chi connectivity index (χ1v) is 11.8. The Bertz CT molecular complexity index is 1480. The molecule has 190 valence electrons. The van der Waals surface area contributed by atoms with E-state index in [1.165, 1.54) is 31.6 Å². The van der Waals surface area contributed by atoms with Crippen molar-refractivity contribution >= 4 is 22.7 Å². The lowest BCUT2D eigenvalue weighted by atomic mass is 10.1. The molecule has 37 heavy (non-hydrogen) atoms. The molecular weight excluding hydrogens is 477 g/mol. The van der Waals surface area contributed by atoms with Gasteiger partial charge in [0.15, 0.2) is 0 Å². The molecule has 2 aromatic carbocycles. The fourth-order valence-electron chi connectivity index (χ4n) is 4.03. The summed E-state index contributed by atoms with van der Waals surface area (Å²) >= 11 is 0. The molecule has 0 aliphatic carbocycles. The molecule has 0 bridgehead atoms. The minimum absolute atomic E-state index is 0.0865. The molecule has 2 heterocycles. The predicted octanol–water partition coefficient (Wildman–Crippen LogP) is 5.11. The molecule has 0 aliphatic rings. The van der Waals surface area contributed by atoms with Gasteiger partial charge in [-0.25, -0.2) is 19.2 Å². The van der Waals surface area contributed by atoms with Crippen LogP contribution < -0.4 is 14.8 Å². The largest absolute Gasteiger partial charge is 0.496 e.